The van der Waals surface area contributed by atoms with Crippen molar-refractivity contribution in [1.82, 2.24) is 0 Å². The molecule has 0 unspecified atom stereocenters. The Hall–Kier alpha value is -3.16. The van der Waals surface area contributed by atoms with Crippen molar-refractivity contribution in [3.05, 3.63) is 83.4 Å². The summed E-state index contributed by atoms with van der Waals surface area (Å²) in [6.07, 6.45) is 0. The maximum atomic E-state index is 13.0. The van der Waals surface area contributed by atoms with Crippen molar-refractivity contribution in [2.45, 2.75) is 38.0 Å². The van der Waals surface area contributed by atoms with E-state index < -0.39 is 15.9 Å². The third kappa shape index (κ3) is 5.71. The second-order valence-electron chi connectivity index (χ2n) is 8.41. The number of carbonyl (C=O) groups excluding carboxylic acids is 1. The molecule has 3 rings (SSSR count). The summed E-state index contributed by atoms with van der Waals surface area (Å²) in [5.41, 5.74) is 2.57. The van der Waals surface area contributed by atoms with Crippen molar-refractivity contribution in [2.24, 2.45) is 5.14 Å². The van der Waals surface area contributed by atoms with Gasteiger partial charge in [0.1, 0.15) is 11.5 Å². The third-order valence-electron chi connectivity index (χ3n) is 4.73. The number of rotatable bonds is 5. The number of aryl methyl sites for hydroxylation is 1. The third-order valence-corrected chi connectivity index (χ3v) is 5.64. The molecule has 0 spiro atoms. The molecule has 0 aliphatic rings. The van der Waals surface area contributed by atoms with Gasteiger partial charge in [0, 0.05) is 9.97 Å². The Morgan fingerprint density at radius 1 is 1.00 bits per heavy atom. The number of primary sulfonamides is 1. The summed E-state index contributed by atoms with van der Waals surface area (Å²) >= 11 is 0. The van der Waals surface area contributed by atoms with Gasteiger partial charge in [0.2, 0.25) is 10.0 Å². The van der Waals surface area contributed by atoms with Crippen LogP contribution < -0.4 is 15.2 Å². The van der Waals surface area contributed by atoms with E-state index in [4.69, 9.17) is 9.88 Å². The molecule has 3 aromatic rings. The molecule has 31 heavy (non-hydrogen) atoms. The Balaban J connectivity index is 0.00000363. The highest BCUT2D eigenvalue weighted by Gasteiger charge is 2.20. The standard InChI is InChI=1S/C24H26N2O4S.3H2/c1-16-7-5-9-19(13-16)30-22-14-17(24(2,3)4)11-12-21(22)23(27)26-18-8-6-10-20(15-18)31(25,28)29;;;/h5-15H,1-4H3,(H,26,27)(H2,25,28,29);3*1H. The SMILES string of the molecule is Cc1cccc(Oc2cc(C(C)(C)C)ccc2C(=O)Nc2cccc(S(N)(=O)=O)c2)c1.[HH].[HH].[HH]. The first-order valence-electron chi connectivity index (χ1n) is 9.77. The molecule has 0 saturated carbocycles. The van der Waals surface area contributed by atoms with Crippen molar-refractivity contribution in [3.8, 4) is 11.5 Å². The largest absolute Gasteiger partial charge is 0.457 e. The molecular formula is C24H32N2O4S. The summed E-state index contributed by atoms with van der Waals surface area (Å²) in [6.45, 7) is 8.20. The molecule has 0 aliphatic heterocycles. The number of hydrogen-bond donors (Lipinski definition) is 2. The van der Waals surface area contributed by atoms with E-state index in [0.717, 1.165) is 11.1 Å². The number of hydrogen-bond acceptors (Lipinski definition) is 4. The van der Waals surface area contributed by atoms with E-state index in [1.807, 2.05) is 43.3 Å². The van der Waals surface area contributed by atoms with Gasteiger partial charge in [0.25, 0.3) is 5.91 Å². The molecule has 168 valence electrons. The van der Waals surface area contributed by atoms with Crippen molar-refractivity contribution in [1.29, 1.82) is 0 Å². The minimum atomic E-state index is -3.88. The van der Waals surface area contributed by atoms with Gasteiger partial charge in [-0.15, -0.1) is 0 Å². The summed E-state index contributed by atoms with van der Waals surface area (Å²) in [5.74, 6) is 0.615. The first-order valence-corrected chi connectivity index (χ1v) is 11.3. The molecule has 0 radical (unpaired) electrons. The van der Waals surface area contributed by atoms with Gasteiger partial charge in [0.15, 0.2) is 0 Å². The fourth-order valence-corrected chi connectivity index (χ4v) is 3.58. The highest BCUT2D eigenvalue weighted by molar-refractivity contribution is 7.89. The number of carbonyl (C=O) groups is 1. The van der Waals surface area contributed by atoms with Gasteiger partial charge >= 0.3 is 0 Å². The Labute approximate surface area is 187 Å². The first kappa shape index (κ1) is 22.5. The smallest absolute Gasteiger partial charge is 0.259 e. The zero-order valence-electron chi connectivity index (χ0n) is 18.0. The van der Waals surface area contributed by atoms with Crippen LogP contribution in [0.1, 0.15) is 46.5 Å². The van der Waals surface area contributed by atoms with Gasteiger partial charge < -0.3 is 10.1 Å². The molecule has 6 nitrogen and oxygen atoms in total. The highest BCUT2D eigenvalue weighted by atomic mass is 32.2. The topological polar surface area (TPSA) is 98.5 Å². The van der Waals surface area contributed by atoms with Crippen molar-refractivity contribution >= 4 is 21.6 Å². The van der Waals surface area contributed by atoms with Crippen molar-refractivity contribution < 1.29 is 22.2 Å². The lowest BCUT2D eigenvalue weighted by Gasteiger charge is -2.21. The lowest BCUT2D eigenvalue weighted by atomic mass is 9.86. The molecule has 0 bridgehead atoms. The second kappa shape index (κ2) is 8.53. The van der Waals surface area contributed by atoms with Crippen LogP contribution in [0.15, 0.2) is 71.6 Å². The average Bonchev–Trinajstić information content (AvgIpc) is 2.67. The molecular weight excluding hydrogens is 412 g/mol. The predicted molar refractivity (Wildman–Crippen MR) is 129 cm³/mol. The number of sulfonamides is 1. The number of nitrogens with one attached hydrogen (secondary N) is 1. The second-order valence-corrected chi connectivity index (χ2v) is 9.97. The van der Waals surface area contributed by atoms with Gasteiger partial charge in [-0.05, 0) is 65.9 Å². The summed E-state index contributed by atoms with van der Waals surface area (Å²) in [5, 5.41) is 7.91. The number of ether oxygens (including phenoxy) is 1. The average molecular weight is 445 g/mol. The lowest BCUT2D eigenvalue weighted by molar-refractivity contribution is 0.102. The normalized spacial score (nSPS) is 11.8. The van der Waals surface area contributed by atoms with Crippen LogP contribution in [0, 0.1) is 6.92 Å². The van der Waals surface area contributed by atoms with Crippen LogP contribution >= 0.6 is 0 Å². The molecule has 0 heterocycles. The zero-order valence-corrected chi connectivity index (χ0v) is 18.8. The summed E-state index contributed by atoms with van der Waals surface area (Å²) in [7, 11) is -3.88. The minimum Gasteiger partial charge on any atom is -0.457 e. The molecule has 0 fully saturated rings. The minimum absolute atomic E-state index is 0. The molecule has 3 N–H and O–H groups in total. The Morgan fingerprint density at radius 2 is 1.71 bits per heavy atom. The van der Waals surface area contributed by atoms with E-state index in [2.05, 4.69) is 26.1 Å². The monoisotopic (exact) mass is 444 g/mol. The van der Waals surface area contributed by atoms with Crippen LogP contribution in [0.3, 0.4) is 0 Å². The maximum Gasteiger partial charge on any atom is 0.259 e. The predicted octanol–water partition coefficient (Wildman–Crippen LogP) is 5.72. The zero-order chi connectivity index (χ0) is 22.8. The van der Waals surface area contributed by atoms with E-state index in [9.17, 15) is 13.2 Å². The first-order chi connectivity index (χ1) is 14.4. The maximum absolute atomic E-state index is 13.0. The summed E-state index contributed by atoms with van der Waals surface area (Å²) in [4.78, 5) is 13.0. The Bertz CT molecular complexity index is 1240. The quantitative estimate of drug-likeness (QED) is 0.525. The molecule has 0 saturated heterocycles. The van der Waals surface area contributed by atoms with Crippen LogP contribution in [0.2, 0.25) is 0 Å². The summed E-state index contributed by atoms with van der Waals surface area (Å²) < 4.78 is 29.3. The van der Waals surface area contributed by atoms with E-state index in [1.54, 1.807) is 12.1 Å². The van der Waals surface area contributed by atoms with Crippen LogP contribution in [0.4, 0.5) is 5.69 Å². The number of amides is 1. The summed E-state index contributed by atoms with van der Waals surface area (Å²) in [6, 6.07) is 18.8. The fraction of sp³-hybridized carbons (Fsp3) is 0.208. The molecule has 0 aromatic heterocycles. The van der Waals surface area contributed by atoms with Gasteiger partial charge in [-0.2, -0.15) is 0 Å². The number of anilines is 1. The van der Waals surface area contributed by atoms with Crippen LogP contribution in [-0.2, 0) is 15.4 Å². The van der Waals surface area contributed by atoms with Gasteiger partial charge in [-0.3, -0.25) is 4.79 Å². The molecule has 0 aliphatic carbocycles. The van der Waals surface area contributed by atoms with Gasteiger partial charge in [-0.25, -0.2) is 13.6 Å². The van der Waals surface area contributed by atoms with Gasteiger partial charge in [-0.1, -0.05) is 45.0 Å². The van der Waals surface area contributed by atoms with Crippen LogP contribution in [0.5, 0.6) is 11.5 Å². The van der Waals surface area contributed by atoms with Gasteiger partial charge in [0.05, 0.1) is 10.5 Å². The highest BCUT2D eigenvalue weighted by Crippen LogP contribution is 2.32. The fourth-order valence-electron chi connectivity index (χ4n) is 3.02. The number of benzene rings is 3. The molecule has 0 atom stereocenters. The van der Waals surface area contributed by atoms with E-state index >= 15 is 0 Å². The molecule has 7 heteroatoms. The Kier molecular flexibility index (Phi) is 6.20. The lowest BCUT2D eigenvalue weighted by Crippen LogP contribution is -2.16. The molecule has 1 amide bonds. The van der Waals surface area contributed by atoms with Crippen molar-refractivity contribution in [3.63, 3.8) is 0 Å². The van der Waals surface area contributed by atoms with Crippen LogP contribution in [-0.4, -0.2) is 14.3 Å². The van der Waals surface area contributed by atoms with Crippen LogP contribution in [0.25, 0.3) is 0 Å². The van der Waals surface area contributed by atoms with E-state index in [1.165, 1.54) is 18.2 Å². The van der Waals surface area contributed by atoms with E-state index in [0.29, 0.717) is 22.7 Å². The molecule has 3 aromatic carbocycles. The Morgan fingerprint density at radius 3 is 2.35 bits per heavy atom. The van der Waals surface area contributed by atoms with E-state index in [-0.39, 0.29) is 14.6 Å². The number of nitrogens with two attached hydrogens (primary N) is 1. The van der Waals surface area contributed by atoms with Crippen molar-refractivity contribution in [2.75, 3.05) is 5.32 Å².